The highest BCUT2D eigenvalue weighted by molar-refractivity contribution is 5.96. The summed E-state index contributed by atoms with van der Waals surface area (Å²) >= 11 is 0. The molecular weight excluding hydrogens is 368 g/mol. The summed E-state index contributed by atoms with van der Waals surface area (Å²) in [5.74, 6) is -0.170. The largest absolute Gasteiger partial charge is 0.375 e. The molecule has 0 spiro atoms. The van der Waals surface area contributed by atoms with Gasteiger partial charge in [-0.1, -0.05) is 30.3 Å². The van der Waals surface area contributed by atoms with E-state index >= 15 is 0 Å². The van der Waals surface area contributed by atoms with Crippen molar-refractivity contribution in [1.82, 2.24) is 10.2 Å². The van der Waals surface area contributed by atoms with Gasteiger partial charge in [0.1, 0.15) is 5.69 Å². The highest BCUT2D eigenvalue weighted by Gasteiger charge is 2.26. The molecule has 0 aliphatic carbocycles. The molecule has 0 saturated carbocycles. The quantitative estimate of drug-likeness (QED) is 0.605. The SMILES string of the molecule is C[C@@H]1CNCCN1C(=O)c1ccc(NCc2ccccc2)c([N+](=O)[O-])c1.Cl. The van der Waals surface area contributed by atoms with Gasteiger partial charge in [-0.2, -0.15) is 0 Å². The van der Waals surface area contributed by atoms with Crippen molar-refractivity contribution in [2.24, 2.45) is 0 Å². The predicted octanol–water partition coefficient (Wildman–Crippen LogP) is 3.06. The fraction of sp³-hybridized carbons (Fsp3) is 0.316. The van der Waals surface area contributed by atoms with Gasteiger partial charge in [-0.3, -0.25) is 14.9 Å². The standard InChI is InChI=1S/C19H22N4O3.ClH/c1-14-12-20-9-10-22(14)19(24)16-7-8-17(18(11-16)23(25)26)21-13-15-5-3-2-4-6-15;/h2-8,11,14,20-21H,9-10,12-13H2,1H3;1H/t14-;/m1./s1. The molecule has 1 aliphatic heterocycles. The Balaban J connectivity index is 0.00000261. The fourth-order valence-corrected chi connectivity index (χ4v) is 3.07. The monoisotopic (exact) mass is 390 g/mol. The summed E-state index contributed by atoms with van der Waals surface area (Å²) in [7, 11) is 0. The van der Waals surface area contributed by atoms with Crippen LogP contribution in [-0.4, -0.2) is 41.4 Å². The van der Waals surface area contributed by atoms with E-state index in [-0.39, 0.29) is 30.0 Å². The molecule has 144 valence electrons. The van der Waals surface area contributed by atoms with E-state index in [1.54, 1.807) is 17.0 Å². The molecule has 2 N–H and O–H groups in total. The number of hydrogen-bond acceptors (Lipinski definition) is 5. The number of hydrogen-bond donors (Lipinski definition) is 2. The summed E-state index contributed by atoms with van der Waals surface area (Å²) in [6, 6.07) is 14.3. The van der Waals surface area contributed by atoms with Crippen LogP contribution in [0.15, 0.2) is 48.5 Å². The molecule has 2 aromatic carbocycles. The van der Waals surface area contributed by atoms with E-state index < -0.39 is 4.92 Å². The van der Waals surface area contributed by atoms with Crippen LogP contribution in [0, 0.1) is 10.1 Å². The zero-order chi connectivity index (χ0) is 18.5. The molecule has 1 saturated heterocycles. The second-order valence-electron chi connectivity index (χ2n) is 6.38. The number of nitro groups is 1. The van der Waals surface area contributed by atoms with E-state index in [1.807, 2.05) is 37.3 Å². The Bertz CT molecular complexity index is 801. The van der Waals surface area contributed by atoms with E-state index in [0.717, 1.165) is 18.7 Å². The minimum atomic E-state index is -0.453. The lowest BCUT2D eigenvalue weighted by Crippen LogP contribution is -2.52. The molecule has 0 aromatic heterocycles. The Morgan fingerprint density at radius 3 is 2.70 bits per heavy atom. The van der Waals surface area contributed by atoms with Crippen molar-refractivity contribution >= 4 is 29.7 Å². The molecule has 27 heavy (non-hydrogen) atoms. The molecule has 2 aromatic rings. The number of carbonyl (C=O) groups is 1. The van der Waals surface area contributed by atoms with Gasteiger partial charge in [-0.15, -0.1) is 12.4 Å². The Hall–Kier alpha value is -2.64. The summed E-state index contributed by atoms with van der Waals surface area (Å²) in [5, 5.41) is 17.8. The summed E-state index contributed by atoms with van der Waals surface area (Å²) in [6.45, 7) is 4.50. The van der Waals surface area contributed by atoms with Crippen molar-refractivity contribution < 1.29 is 9.72 Å². The minimum absolute atomic E-state index is 0. The third-order valence-corrected chi connectivity index (χ3v) is 4.53. The molecule has 7 nitrogen and oxygen atoms in total. The van der Waals surface area contributed by atoms with Crippen molar-refractivity contribution in [2.45, 2.75) is 19.5 Å². The molecule has 8 heteroatoms. The van der Waals surface area contributed by atoms with Crippen molar-refractivity contribution in [1.29, 1.82) is 0 Å². The maximum absolute atomic E-state index is 12.7. The highest BCUT2D eigenvalue weighted by Crippen LogP contribution is 2.27. The summed E-state index contributed by atoms with van der Waals surface area (Å²) in [4.78, 5) is 25.5. The third-order valence-electron chi connectivity index (χ3n) is 4.53. The molecule has 3 rings (SSSR count). The normalized spacial score (nSPS) is 16.3. The van der Waals surface area contributed by atoms with Gasteiger partial charge in [0.25, 0.3) is 11.6 Å². The lowest BCUT2D eigenvalue weighted by molar-refractivity contribution is -0.384. The maximum Gasteiger partial charge on any atom is 0.293 e. The van der Waals surface area contributed by atoms with Crippen LogP contribution in [-0.2, 0) is 6.54 Å². The molecule has 1 amide bonds. The number of carbonyl (C=O) groups excluding carboxylic acids is 1. The first-order valence-corrected chi connectivity index (χ1v) is 8.64. The van der Waals surface area contributed by atoms with Crippen LogP contribution >= 0.6 is 12.4 Å². The topological polar surface area (TPSA) is 87.5 Å². The van der Waals surface area contributed by atoms with E-state index in [9.17, 15) is 14.9 Å². The van der Waals surface area contributed by atoms with Crippen molar-refractivity contribution in [3.8, 4) is 0 Å². The number of nitro benzene ring substituents is 1. The number of rotatable bonds is 5. The summed E-state index contributed by atoms with van der Waals surface area (Å²) < 4.78 is 0. The number of nitrogens with zero attached hydrogens (tertiary/aromatic N) is 2. The number of benzene rings is 2. The van der Waals surface area contributed by atoms with Gasteiger partial charge in [0.15, 0.2) is 0 Å². The van der Waals surface area contributed by atoms with Crippen molar-refractivity contribution in [3.63, 3.8) is 0 Å². The zero-order valence-electron chi connectivity index (χ0n) is 15.1. The molecule has 0 unspecified atom stereocenters. The number of halogens is 1. The Kier molecular flexibility index (Phi) is 7.15. The molecule has 0 radical (unpaired) electrons. The Labute approximate surface area is 164 Å². The average molecular weight is 391 g/mol. The third kappa shape index (κ3) is 4.96. The number of anilines is 1. The number of amides is 1. The highest BCUT2D eigenvalue weighted by atomic mass is 35.5. The smallest absolute Gasteiger partial charge is 0.293 e. The number of piperazine rings is 1. The molecule has 0 bridgehead atoms. The van der Waals surface area contributed by atoms with E-state index in [4.69, 9.17) is 0 Å². The lowest BCUT2D eigenvalue weighted by atomic mass is 10.1. The van der Waals surface area contributed by atoms with Crippen LogP contribution in [0.5, 0.6) is 0 Å². The van der Waals surface area contributed by atoms with Gasteiger partial charge in [-0.25, -0.2) is 0 Å². The van der Waals surface area contributed by atoms with Gasteiger partial charge in [0.05, 0.1) is 4.92 Å². The first-order chi connectivity index (χ1) is 12.6. The van der Waals surface area contributed by atoms with Crippen LogP contribution in [0.3, 0.4) is 0 Å². The fourth-order valence-electron chi connectivity index (χ4n) is 3.07. The first kappa shape index (κ1) is 20.7. The van der Waals surface area contributed by atoms with Crippen LogP contribution in [0.2, 0.25) is 0 Å². The van der Waals surface area contributed by atoms with Gasteiger partial charge in [0.2, 0.25) is 0 Å². The van der Waals surface area contributed by atoms with Gasteiger partial charge in [-0.05, 0) is 24.6 Å². The van der Waals surface area contributed by atoms with Gasteiger partial charge < -0.3 is 15.5 Å². The van der Waals surface area contributed by atoms with Gasteiger partial charge >= 0.3 is 0 Å². The van der Waals surface area contributed by atoms with Crippen molar-refractivity contribution in [3.05, 3.63) is 69.8 Å². The van der Waals surface area contributed by atoms with Crippen LogP contribution < -0.4 is 10.6 Å². The lowest BCUT2D eigenvalue weighted by Gasteiger charge is -2.34. The Morgan fingerprint density at radius 1 is 1.30 bits per heavy atom. The first-order valence-electron chi connectivity index (χ1n) is 8.64. The molecule has 1 aliphatic rings. The molecule has 1 heterocycles. The zero-order valence-corrected chi connectivity index (χ0v) is 15.9. The molecule has 1 atom stereocenters. The second kappa shape index (κ2) is 9.34. The average Bonchev–Trinajstić information content (AvgIpc) is 2.67. The van der Waals surface area contributed by atoms with E-state index in [2.05, 4.69) is 10.6 Å². The summed E-state index contributed by atoms with van der Waals surface area (Å²) in [6.07, 6.45) is 0. The van der Waals surface area contributed by atoms with E-state index in [0.29, 0.717) is 24.3 Å². The maximum atomic E-state index is 12.7. The van der Waals surface area contributed by atoms with E-state index in [1.165, 1.54) is 6.07 Å². The Morgan fingerprint density at radius 2 is 2.04 bits per heavy atom. The van der Waals surface area contributed by atoms with Crippen LogP contribution in [0.4, 0.5) is 11.4 Å². The second-order valence-corrected chi connectivity index (χ2v) is 6.38. The molecular formula is C19H23ClN4O3. The van der Waals surface area contributed by atoms with Crippen LogP contribution in [0.1, 0.15) is 22.8 Å². The van der Waals surface area contributed by atoms with Crippen LogP contribution in [0.25, 0.3) is 0 Å². The number of nitrogens with one attached hydrogen (secondary N) is 2. The molecule has 1 fully saturated rings. The predicted molar refractivity (Wildman–Crippen MR) is 107 cm³/mol. The van der Waals surface area contributed by atoms with Crippen molar-refractivity contribution in [2.75, 3.05) is 25.0 Å². The van der Waals surface area contributed by atoms with Gasteiger partial charge in [0, 0.05) is 43.9 Å². The minimum Gasteiger partial charge on any atom is -0.375 e. The summed E-state index contributed by atoms with van der Waals surface area (Å²) in [5.41, 5.74) is 1.69.